The normalized spacial score (nSPS) is 9.76. The van der Waals surface area contributed by atoms with Crippen molar-refractivity contribution in [3.05, 3.63) is 12.2 Å². The minimum Gasteiger partial charge on any atom is -0.463 e. The summed E-state index contributed by atoms with van der Waals surface area (Å²) < 4.78 is 9.07. The Hall–Kier alpha value is -0.840. The summed E-state index contributed by atoms with van der Waals surface area (Å²) in [5.41, 5.74) is 0. The molecule has 0 atom stereocenters. The van der Waals surface area contributed by atoms with Crippen LogP contribution >= 0.6 is 15.9 Å². The van der Waals surface area contributed by atoms with Gasteiger partial charge in [-0.3, -0.25) is 0 Å². The number of ether oxygens (including phenoxy) is 2. The molecule has 0 rings (SSSR count). The molecule has 0 heterocycles. The first kappa shape index (κ1) is 18.5. The topological polar surface area (TPSA) is 52.6 Å². The van der Waals surface area contributed by atoms with Gasteiger partial charge in [-0.2, -0.15) is 0 Å². The monoisotopic (exact) mass is 308 g/mol. The highest BCUT2D eigenvalue weighted by Gasteiger charge is 1.97. The van der Waals surface area contributed by atoms with Gasteiger partial charge in [0.25, 0.3) is 0 Å². The molecule has 0 aliphatic heterocycles. The van der Waals surface area contributed by atoms with E-state index in [1.165, 1.54) is 0 Å². The highest BCUT2D eigenvalue weighted by atomic mass is 79.9. The van der Waals surface area contributed by atoms with Crippen molar-refractivity contribution >= 4 is 27.9 Å². The van der Waals surface area contributed by atoms with Crippen LogP contribution in [0.3, 0.4) is 0 Å². The molecule has 0 saturated heterocycles. The SMILES string of the molecule is CC(C)CBr.CCOC(=O)/C=C\C(=O)OCC. The molecule has 0 aromatic carbocycles. The van der Waals surface area contributed by atoms with Crippen LogP contribution in [-0.4, -0.2) is 30.5 Å². The second-order valence-corrected chi connectivity index (χ2v) is 4.03. The predicted molar refractivity (Wildman–Crippen MR) is 71.0 cm³/mol. The zero-order valence-electron chi connectivity index (χ0n) is 10.9. The molecular weight excluding hydrogens is 288 g/mol. The number of hydrogen-bond donors (Lipinski definition) is 0. The summed E-state index contributed by atoms with van der Waals surface area (Å²) in [6.07, 6.45) is 2.09. The van der Waals surface area contributed by atoms with Crippen LogP contribution in [0.5, 0.6) is 0 Å². The van der Waals surface area contributed by atoms with Gasteiger partial charge in [0.1, 0.15) is 0 Å². The van der Waals surface area contributed by atoms with Crippen molar-refractivity contribution in [1.82, 2.24) is 0 Å². The lowest BCUT2D eigenvalue weighted by Gasteiger charge is -1.95. The zero-order valence-corrected chi connectivity index (χ0v) is 12.5. The van der Waals surface area contributed by atoms with E-state index < -0.39 is 11.9 Å². The Morgan fingerprint density at radius 1 is 1.06 bits per heavy atom. The molecule has 4 nitrogen and oxygen atoms in total. The molecule has 0 unspecified atom stereocenters. The van der Waals surface area contributed by atoms with Gasteiger partial charge in [-0.15, -0.1) is 0 Å². The van der Waals surface area contributed by atoms with Crippen molar-refractivity contribution in [2.75, 3.05) is 18.5 Å². The lowest BCUT2D eigenvalue weighted by Crippen LogP contribution is -2.03. The fraction of sp³-hybridized carbons (Fsp3) is 0.667. The quantitative estimate of drug-likeness (QED) is 0.445. The number of rotatable bonds is 5. The molecule has 0 N–H and O–H groups in total. The Morgan fingerprint density at radius 2 is 1.35 bits per heavy atom. The van der Waals surface area contributed by atoms with Crippen LogP contribution in [0.25, 0.3) is 0 Å². The number of halogens is 1. The van der Waals surface area contributed by atoms with Crippen molar-refractivity contribution < 1.29 is 19.1 Å². The maximum absolute atomic E-state index is 10.6. The van der Waals surface area contributed by atoms with E-state index in [2.05, 4.69) is 39.3 Å². The van der Waals surface area contributed by atoms with Crippen molar-refractivity contribution in [2.45, 2.75) is 27.7 Å². The molecule has 5 heteroatoms. The summed E-state index contributed by atoms with van der Waals surface area (Å²) >= 11 is 3.31. The first-order valence-corrected chi connectivity index (χ1v) is 6.67. The first-order valence-electron chi connectivity index (χ1n) is 5.55. The van der Waals surface area contributed by atoms with Crippen LogP contribution in [0.4, 0.5) is 0 Å². The molecule has 0 bridgehead atoms. The Balaban J connectivity index is 0. The lowest BCUT2D eigenvalue weighted by molar-refractivity contribution is -0.140. The molecule has 0 saturated carbocycles. The standard InChI is InChI=1S/C8H12O4.C4H9Br/c1-3-11-7(9)5-6-8(10)12-4-2;1-4(2)3-5/h5-6H,3-4H2,1-2H3;4H,3H2,1-2H3/b6-5-;. The molecule has 0 radical (unpaired) electrons. The minimum absolute atomic E-state index is 0.298. The highest BCUT2D eigenvalue weighted by molar-refractivity contribution is 9.09. The third-order valence-electron chi connectivity index (χ3n) is 1.24. The van der Waals surface area contributed by atoms with Crippen molar-refractivity contribution in [1.29, 1.82) is 0 Å². The van der Waals surface area contributed by atoms with E-state index in [1.807, 2.05) is 0 Å². The third kappa shape index (κ3) is 17.8. The van der Waals surface area contributed by atoms with Crippen LogP contribution in [0, 0.1) is 5.92 Å². The second kappa shape index (κ2) is 13.2. The second-order valence-electron chi connectivity index (χ2n) is 3.39. The Morgan fingerprint density at radius 3 is 1.53 bits per heavy atom. The summed E-state index contributed by atoms with van der Waals surface area (Å²) in [5, 5.41) is 1.12. The van der Waals surface area contributed by atoms with Gasteiger partial charge in [-0.1, -0.05) is 29.8 Å². The third-order valence-corrected chi connectivity index (χ3v) is 2.53. The van der Waals surface area contributed by atoms with Crippen molar-refractivity contribution in [3.63, 3.8) is 0 Å². The maximum atomic E-state index is 10.6. The Kier molecular flexibility index (Phi) is 14.4. The molecule has 0 amide bonds. The number of alkyl halides is 1. The van der Waals surface area contributed by atoms with Gasteiger partial charge in [0.2, 0.25) is 0 Å². The van der Waals surface area contributed by atoms with Gasteiger partial charge in [0, 0.05) is 17.5 Å². The van der Waals surface area contributed by atoms with Gasteiger partial charge >= 0.3 is 11.9 Å². The number of carbonyl (C=O) groups is 2. The van der Waals surface area contributed by atoms with E-state index >= 15 is 0 Å². The van der Waals surface area contributed by atoms with E-state index in [1.54, 1.807) is 13.8 Å². The number of hydrogen-bond acceptors (Lipinski definition) is 4. The molecule has 0 fully saturated rings. The van der Waals surface area contributed by atoms with Crippen LogP contribution in [0.15, 0.2) is 12.2 Å². The predicted octanol–water partition coefficient (Wildman–Crippen LogP) is 2.71. The zero-order chi connectivity index (χ0) is 13.7. The van der Waals surface area contributed by atoms with E-state index in [0.717, 1.165) is 23.4 Å². The van der Waals surface area contributed by atoms with E-state index in [9.17, 15) is 9.59 Å². The molecular formula is C12H21BrO4. The molecule has 0 spiro atoms. The van der Waals surface area contributed by atoms with Gasteiger partial charge in [0.15, 0.2) is 0 Å². The number of carbonyl (C=O) groups excluding carboxylic acids is 2. The van der Waals surface area contributed by atoms with Crippen LogP contribution in [-0.2, 0) is 19.1 Å². The molecule has 0 aliphatic carbocycles. The van der Waals surface area contributed by atoms with Crippen LogP contribution < -0.4 is 0 Å². The van der Waals surface area contributed by atoms with Gasteiger partial charge in [-0.25, -0.2) is 9.59 Å². The molecule has 100 valence electrons. The minimum atomic E-state index is -0.537. The maximum Gasteiger partial charge on any atom is 0.330 e. The van der Waals surface area contributed by atoms with Gasteiger partial charge in [0.05, 0.1) is 13.2 Å². The lowest BCUT2D eigenvalue weighted by atomic mass is 10.3. The molecule has 0 aromatic rings. The molecule has 17 heavy (non-hydrogen) atoms. The van der Waals surface area contributed by atoms with Gasteiger partial charge < -0.3 is 9.47 Å². The van der Waals surface area contributed by atoms with E-state index in [-0.39, 0.29) is 0 Å². The summed E-state index contributed by atoms with van der Waals surface area (Å²) in [6, 6.07) is 0. The Labute approximate surface area is 111 Å². The fourth-order valence-corrected chi connectivity index (χ4v) is 0.517. The van der Waals surface area contributed by atoms with Crippen molar-refractivity contribution in [3.8, 4) is 0 Å². The average Bonchev–Trinajstić information content (AvgIpc) is 2.28. The van der Waals surface area contributed by atoms with Crippen molar-refractivity contribution in [2.24, 2.45) is 5.92 Å². The molecule has 0 aromatic heterocycles. The molecule has 0 aliphatic rings. The smallest absolute Gasteiger partial charge is 0.330 e. The first-order chi connectivity index (χ1) is 7.97. The van der Waals surface area contributed by atoms with E-state index in [0.29, 0.717) is 13.2 Å². The number of esters is 2. The summed E-state index contributed by atoms with van der Waals surface area (Å²) in [6.45, 7) is 8.33. The van der Waals surface area contributed by atoms with Gasteiger partial charge in [-0.05, 0) is 19.8 Å². The fourth-order valence-electron chi connectivity index (χ4n) is 0.517. The Bertz CT molecular complexity index is 217. The summed E-state index contributed by atoms with van der Waals surface area (Å²) in [5.74, 6) is -0.272. The average molecular weight is 309 g/mol. The summed E-state index contributed by atoms with van der Waals surface area (Å²) in [4.78, 5) is 21.3. The summed E-state index contributed by atoms with van der Waals surface area (Å²) in [7, 11) is 0. The van der Waals surface area contributed by atoms with E-state index in [4.69, 9.17) is 0 Å². The largest absolute Gasteiger partial charge is 0.463 e. The van der Waals surface area contributed by atoms with Crippen LogP contribution in [0.1, 0.15) is 27.7 Å². The van der Waals surface area contributed by atoms with Crippen LogP contribution in [0.2, 0.25) is 0 Å². The highest BCUT2D eigenvalue weighted by Crippen LogP contribution is 1.94.